The molecule has 1 heterocycles. The summed E-state index contributed by atoms with van der Waals surface area (Å²) >= 11 is 0. The zero-order valence-corrected chi connectivity index (χ0v) is 9.78. The Bertz CT molecular complexity index is 608. The van der Waals surface area contributed by atoms with Gasteiger partial charge in [0.2, 0.25) is 0 Å². The summed E-state index contributed by atoms with van der Waals surface area (Å²) in [5.41, 5.74) is -0.212. The third kappa shape index (κ3) is 2.30. The van der Waals surface area contributed by atoms with Crippen LogP contribution < -0.4 is 5.32 Å². The minimum Gasteiger partial charge on any atom is -0.307 e. The number of rotatable bonds is 4. The van der Waals surface area contributed by atoms with Crippen molar-refractivity contribution in [2.24, 2.45) is 0 Å². The highest BCUT2D eigenvalue weighted by atomic mass is 19.2. The summed E-state index contributed by atoms with van der Waals surface area (Å²) in [6.45, 7) is 0.343. The molecule has 0 radical (unpaired) electrons. The van der Waals surface area contributed by atoms with Gasteiger partial charge in [-0.25, -0.2) is 13.2 Å². The summed E-state index contributed by atoms with van der Waals surface area (Å²) in [6, 6.07) is 2.37. The molecule has 0 atom stereocenters. The minimum atomic E-state index is -1.53. The molecule has 0 aliphatic heterocycles. The Kier molecular flexibility index (Phi) is 2.94. The largest absolute Gasteiger partial charge is 0.307 e. The molecule has 1 saturated carbocycles. The van der Waals surface area contributed by atoms with Crippen molar-refractivity contribution >= 4 is 0 Å². The van der Waals surface area contributed by atoms with E-state index < -0.39 is 17.5 Å². The minimum absolute atomic E-state index is 0.212. The van der Waals surface area contributed by atoms with Crippen LogP contribution >= 0.6 is 0 Å². The smallest absolute Gasteiger partial charge is 0.196 e. The molecule has 0 unspecified atom stereocenters. The fourth-order valence-electron chi connectivity index (χ4n) is 1.71. The van der Waals surface area contributed by atoms with Crippen LogP contribution in [0.5, 0.6) is 0 Å². The topological polar surface area (TPSA) is 55.6 Å². The standard InChI is InChI=1S/C11H10F3N5/c12-7-3-4-8(11(14)10(7)13)19-9(16-17-18-19)5-15-6-1-2-6/h3-4,6,15H,1-2,5H2. The Morgan fingerprint density at radius 2 is 2.00 bits per heavy atom. The van der Waals surface area contributed by atoms with Crippen LogP contribution in [-0.2, 0) is 6.54 Å². The third-order valence-corrected chi connectivity index (χ3v) is 2.90. The lowest BCUT2D eigenvalue weighted by Crippen LogP contribution is -2.19. The second-order valence-electron chi connectivity index (χ2n) is 4.36. The summed E-state index contributed by atoms with van der Waals surface area (Å²) in [6.07, 6.45) is 2.17. The van der Waals surface area contributed by atoms with Crippen LogP contribution in [0.1, 0.15) is 18.7 Å². The highest BCUT2D eigenvalue weighted by Gasteiger charge is 2.23. The molecule has 1 aliphatic rings. The van der Waals surface area contributed by atoms with Gasteiger partial charge in [-0.05, 0) is 35.4 Å². The van der Waals surface area contributed by atoms with Crippen molar-refractivity contribution in [2.45, 2.75) is 25.4 Å². The Morgan fingerprint density at radius 1 is 1.21 bits per heavy atom. The Hall–Kier alpha value is -1.96. The quantitative estimate of drug-likeness (QED) is 0.851. The fourth-order valence-corrected chi connectivity index (χ4v) is 1.71. The van der Waals surface area contributed by atoms with Gasteiger partial charge in [0.25, 0.3) is 0 Å². The molecule has 8 heteroatoms. The molecule has 1 aliphatic carbocycles. The summed E-state index contributed by atoms with van der Waals surface area (Å²) in [5, 5.41) is 13.9. The average molecular weight is 269 g/mol. The first-order valence-corrected chi connectivity index (χ1v) is 5.81. The molecule has 19 heavy (non-hydrogen) atoms. The predicted molar refractivity (Wildman–Crippen MR) is 58.9 cm³/mol. The van der Waals surface area contributed by atoms with E-state index in [-0.39, 0.29) is 5.69 Å². The number of tetrazole rings is 1. The summed E-state index contributed by atoms with van der Waals surface area (Å²) in [5.74, 6) is -3.74. The molecule has 0 amide bonds. The summed E-state index contributed by atoms with van der Waals surface area (Å²) < 4.78 is 40.8. The Balaban J connectivity index is 1.93. The summed E-state index contributed by atoms with van der Waals surface area (Å²) in [7, 11) is 0. The van der Waals surface area contributed by atoms with E-state index >= 15 is 0 Å². The molecule has 1 aromatic heterocycles. The van der Waals surface area contributed by atoms with Crippen molar-refractivity contribution < 1.29 is 13.2 Å². The van der Waals surface area contributed by atoms with Gasteiger partial charge in [-0.3, -0.25) is 0 Å². The molecule has 0 bridgehead atoms. The maximum absolute atomic E-state index is 13.7. The van der Waals surface area contributed by atoms with E-state index in [1.807, 2.05) is 0 Å². The zero-order valence-electron chi connectivity index (χ0n) is 9.78. The van der Waals surface area contributed by atoms with Gasteiger partial charge in [0.05, 0.1) is 6.54 Å². The van der Waals surface area contributed by atoms with Gasteiger partial charge in [-0.2, -0.15) is 4.68 Å². The lowest BCUT2D eigenvalue weighted by molar-refractivity contribution is 0.441. The first kappa shape index (κ1) is 12.1. The molecule has 5 nitrogen and oxygen atoms in total. The normalized spacial score (nSPS) is 14.9. The lowest BCUT2D eigenvalue weighted by Gasteiger charge is -2.07. The van der Waals surface area contributed by atoms with E-state index in [0.717, 1.165) is 29.7 Å². The number of hydrogen-bond acceptors (Lipinski definition) is 4. The average Bonchev–Trinajstić information content (AvgIpc) is 3.12. The Morgan fingerprint density at radius 3 is 2.74 bits per heavy atom. The van der Waals surface area contributed by atoms with E-state index in [9.17, 15) is 13.2 Å². The van der Waals surface area contributed by atoms with Crippen molar-refractivity contribution in [1.29, 1.82) is 0 Å². The molecule has 1 aromatic carbocycles. The van der Waals surface area contributed by atoms with Gasteiger partial charge in [0.1, 0.15) is 5.69 Å². The van der Waals surface area contributed by atoms with Crippen molar-refractivity contribution in [3.05, 3.63) is 35.4 Å². The SMILES string of the molecule is Fc1ccc(-n2nnnc2CNC2CC2)c(F)c1F. The fraction of sp³-hybridized carbons (Fsp3) is 0.364. The number of hydrogen-bond donors (Lipinski definition) is 1. The molecular formula is C11H10F3N5. The molecule has 0 saturated heterocycles. The highest BCUT2D eigenvalue weighted by molar-refractivity contribution is 5.34. The third-order valence-electron chi connectivity index (χ3n) is 2.90. The van der Waals surface area contributed by atoms with Crippen LogP contribution in [0.15, 0.2) is 12.1 Å². The van der Waals surface area contributed by atoms with Crippen LogP contribution in [0.4, 0.5) is 13.2 Å². The van der Waals surface area contributed by atoms with Gasteiger partial charge in [-0.15, -0.1) is 5.10 Å². The molecule has 1 fully saturated rings. The highest BCUT2D eigenvalue weighted by Crippen LogP contribution is 2.21. The van der Waals surface area contributed by atoms with Crippen LogP contribution in [0, 0.1) is 17.5 Å². The number of nitrogens with one attached hydrogen (secondary N) is 1. The van der Waals surface area contributed by atoms with Crippen LogP contribution in [0.25, 0.3) is 5.69 Å². The number of halogens is 3. The van der Waals surface area contributed by atoms with Crippen LogP contribution in [0.2, 0.25) is 0 Å². The van der Waals surface area contributed by atoms with Crippen molar-refractivity contribution in [3.8, 4) is 5.69 Å². The molecule has 3 rings (SSSR count). The summed E-state index contributed by atoms with van der Waals surface area (Å²) in [4.78, 5) is 0. The van der Waals surface area contributed by atoms with Crippen molar-refractivity contribution in [1.82, 2.24) is 25.5 Å². The Labute approximate surface area is 106 Å². The number of aromatic nitrogens is 4. The predicted octanol–water partition coefficient (Wildman–Crippen LogP) is 1.33. The van der Waals surface area contributed by atoms with Gasteiger partial charge in [-0.1, -0.05) is 0 Å². The maximum atomic E-state index is 13.7. The van der Waals surface area contributed by atoms with E-state index in [4.69, 9.17) is 0 Å². The number of benzene rings is 1. The maximum Gasteiger partial charge on any atom is 0.196 e. The van der Waals surface area contributed by atoms with Gasteiger partial charge >= 0.3 is 0 Å². The van der Waals surface area contributed by atoms with E-state index in [1.165, 1.54) is 0 Å². The second kappa shape index (κ2) is 4.61. The van der Waals surface area contributed by atoms with Gasteiger partial charge in [0, 0.05) is 6.04 Å². The van der Waals surface area contributed by atoms with E-state index in [0.29, 0.717) is 18.4 Å². The molecular weight excluding hydrogens is 259 g/mol. The van der Waals surface area contributed by atoms with Gasteiger partial charge < -0.3 is 5.32 Å². The molecule has 2 aromatic rings. The van der Waals surface area contributed by atoms with Crippen LogP contribution in [0.3, 0.4) is 0 Å². The first-order valence-electron chi connectivity index (χ1n) is 5.81. The zero-order chi connectivity index (χ0) is 13.4. The molecule has 1 N–H and O–H groups in total. The monoisotopic (exact) mass is 269 g/mol. The van der Waals surface area contributed by atoms with Crippen molar-refractivity contribution in [2.75, 3.05) is 0 Å². The molecule has 0 spiro atoms. The first-order chi connectivity index (χ1) is 9.16. The van der Waals surface area contributed by atoms with Crippen molar-refractivity contribution in [3.63, 3.8) is 0 Å². The second-order valence-corrected chi connectivity index (χ2v) is 4.36. The number of nitrogens with zero attached hydrogens (tertiary/aromatic N) is 4. The van der Waals surface area contributed by atoms with Crippen LogP contribution in [-0.4, -0.2) is 26.2 Å². The van der Waals surface area contributed by atoms with Gasteiger partial charge in [0.15, 0.2) is 23.3 Å². The lowest BCUT2D eigenvalue weighted by atomic mass is 10.3. The van der Waals surface area contributed by atoms with E-state index in [2.05, 4.69) is 20.8 Å². The molecule has 100 valence electrons. The van der Waals surface area contributed by atoms with E-state index in [1.54, 1.807) is 0 Å².